The van der Waals surface area contributed by atoms with Crippen molar-refractivity contribution in [3.8, 4) is 0 Å². The molecular weight excluding hydrogens is 396 g/mol. The maximum Gasteiger partial charge on any atom is 0.352 e. The molecule has 1 aromatic heterocycles. The fraction of sp³-hybridized carbons (Fsp3) is 0.0714. The molecule has 32 heavy (non-hydrogen) atoms. The smallest absolute Gasteiger partial charge is 0.352 e. The van der Waals surface area contributed by atoms with Gasteiger partial charge < -0.3 is 15.1 Å². The predicted octanol–water partition coefficient (Wildman–Crippen LogP) is 6.13. The molecule has 0 bridgehead atoms. The van der Waals surface area contributed by atoms with Crippen molar-refractivity contribution in [2.24, 2.45) is 0 Å². The third kappa shape index (κ3) is 3.67. The van der Waals surface area contributed by atoms with Gasteiger partial charge in [-0.25, -0.2) is 4.79 Å². The maximum absolute atomic E-state index is 12.0. The Morgan fingerprint density at radius 2 is 1.62 bits per heavy atom. The van der Waals surface area contributed by atoms with Crippen molar-refractivity contribution < 1.29 is 9.90 Å². The van der Waals surface area contributed by atoms with Crippen LogP contribution in [0.3, 0.4) is 0 Å². The second kappa shape index (κ2) is 8.16. The monoisotopic (exact) mass is 418 g/mol. The van der Waals surface area contributed by atoms with E-state index in [2.05, 4.69) is 36.4 Å². The van der Waals surface area contributed by atoms with Crippen LogP contribution in [0.25, 0.3) is 21.7 Å². The second-order valence-electron chi connectivity index (χ2n) is 8.02. The Morgan fingerprint density at radius 3 is 2.41 bits per heavy atom. The van der Waals surface area contributed by atoms with Gasteiger partial charge in [-0.1, -0.05) is 78.9 Å². The van der Waals surface area contributed by atoms with E-state index < -0.39 is 5.97 Å². The van der Waals surface area contributed by atoms with Crippen LogP contribution in [0.1, 0.15) is 32.7 Å². The Hall–Kier alpha value is -4.18. The second-order valence-corrected chi connectivity index (χ2v) is 8.02. The summed E-state index contributed by atoms with van der Waals surface area (Å²) in [5.41, 5.74) is 5.33. The molecule has 0 radical (unpaired) electrons. The molecule has 5 aromatic rings. The van der Waals surface area contributed by atoms with E-state index in [1.807, 2.05) is 53.1 Å². The Morgan fingerprint density at radius 1 is 0.844 bits per heavy atom. The molecule has 0 aliphatic heterocycles. The van der Waals surface area contributed by atoms with Gasteiger partial charge in [0, 0.05) is 23.7 Å². The number of fused-ring (bicyclic) bond motifs is 2. The third-order valence-corrected chi connectivity index (χ3v) is 5.90. The molecule has 4 heteroatoms. The molecule has 0 saturated heterocycles. The highest BCUT2D eigenvalue weighted by molar-refractivity contribution is 5.97. The Bertz CT molecular complexity index is 1470. The molecule has 1 heterocycles. The van der Waals surface area contributed by atoms with Crippen LogP contribution in [0.15, 0.2) is 91.0 Å². The van der Waals surface area contributed by atoms with Crippen LogP contribution in [0.4, 0.5) is 0 Å². The molecule has 0 saturated carbocycles. The van der Waals surface area contributed by atoms with Gasteiger partial charge in [0.2, 0.25) is 0 Å². The van der Waals surface area contributed by atoms with Gasteiger partial charge in [-0.3, -0.25) is 0 Å². The van der Waals surface area contributed by atoms with Crippen LogP contribution >= 0.6 is 0 Å². The number of nitrogens with zero attached hydrogens (tertiary/aromatic N) is 1. The Balaban J connectivity index is 1.66. The zero-order chi connectivity index (χ0) is 22.1. The average molecular weight is 418 g/mol. The van der Waals surface area contributed by atoms with Crippen LogP contribution in [-0.2, 0) is 13.0 Å². The maximum atomic E-state index is 12.0. The van der Waals surface area contributed by atoms with Crippen LogP contribution in [0, 0.1) is 5.41 Å². The van der Waals surface area contributed by atoms with E-state index in [-0.39, 0.29) is 5.69 Å². The summed E-state index contributed by atoms with van der Waals surface area (Å²) in [4.78, 5) is 12.0. The number of aromatic nitrogens is 1. The van der Waals surface area contributed by atoms with E-state index in [9.17, 15) is 9.90 Å². The van der Waals surface area contributed by atoms with E-state index in [0.717, 1.165) is 39.2 Å². The molecule has 156 valence electrons. The molecule has 0 fully saturated rings. The number of benzene rings is 4. The van der Waals surface area contributed by atoms with Gasteiger partial charge in [0.15, 0.2) is 0 Å². The zero-order valence-corrected chi connectivity index (χ0v) is 17.5. The number of nitrogens with one attached hydrogen (secondary N) is 1. The van der Waals surface area contributed by atoms with E-state index in [4.69, 9.17) is 5.41 Å². The van der Waals surface area contributed by atoms with Crippen LogP contribution in [0.5, 0.6) is 0 Å². The summed E-state index contributed by atoms with van der Waals surface area (Å²) in [5.74, 6) is -0.956. The quantitative estimate of drug-likeness (QED) is 0.326. The van der Waals surface area contributed by atoms with Crippen molar-refractivity contribution in [3.05, 3.63) is 119 Å². The number of hydrogen-bond donors (Lipinski definition) is 2. The van der Waals surface area contributed by atoms with Gasteiger partial charge >= 0.3 is 5.97 Å². The number of hydrogen-bond acceptors (Lipinski definition) is 2. The molecule has 0 unspecified atom stereocenters. The summed E-state index contributed by atoms with van der Waals surface area (Å²) in [6.45, 7) is 0.440. The minimum atomic E-state index is -0.956. The first kappa shape index (κ1) is 19.8. The minimum absolute atomic E-state index is 0.250. The fourth-order valence-electron chi connectivity index (χ4n) is 4.40. The standard InChI is InChI=1S/C28H22N2O2/c29-17-20-10-11-23-16-27(28(31)32)30(26(23)15-20)18-24-14-21(12-19-6-2-1-3-7-19)13-22-8-4-5-9-25(22)24/h1-11,13-17,29H,12,18H2,(H,31,32). The molecular formula is C28H22N2O2. The molecule has 0 aliphatic rings. The van der Waals surface area contributed by atoms with E-state index in [1.165, 1.54) is 17.3 Å². The summed E-state index contributed by atoms with van der Waals surface area (Å²) in [7, 11) is 0. The van der Waals surface area contributed by atoms with Crippen molar-refractivity contribution in [1.29, 1.82) is 5.41 Å². The lowest BCUT2D eigenvalue weighted by Crippen LogP contribution is -2.10. The number of carboxylic acids is 1. The lowest BCUT2D eigenvalue weighted by Gasteiger charge is -2.14. The highest BCUT2D eigenvalue weighted by atomic mass is 16.4. The SMILES string of the molecule is N=Cc1ccc2cc(C(=O)O)n(Cc3cc(Cc4ccccc4)cc4ccccc34)c2c1. The molecule has 0 spiro atoms. The number of carbonyl (C=O) groups is 1. The van der Waals surface area contributed by atoms with Gasteiger partial charge in [-0.2, -0.15) is 0 Å². The first-order valence-corrected chi connectivity index (χ1v) is 10.5. The summed E-state index contributed by atoms with van der Waals surface area (Å²) >= 11 is 0. The van der Waals surface area contributed by atoms with Crippen molar-refractivity contribution in [2.45, 2.75) is 13.0 Å². The van der Waals surface area contributed by atoms with Gasteiger partial charge in [0.25, 0.3) is 0 Å². The van der Waals surface area contributed by atoms with Gasteiger partial charge in [0.05, 0.1) is 0 Å². The van der Waals surface area contributed by atoms with Crippen molar-refractivity contribution in [3.63, 3.8) is 0 Å². The largest absolute Gasteiger partial charge is 0.477 e. The summed E-state index contributed by atoms with van der Waals surface area (Å²) in [5, 5.41) is 20.6. The lowest BCUT2D eigenvalue weighted by molar-refractivity contribution is 0.0686. The highest BCUT2D eigenvalue weighted by Gasteiger charge is 2.16. The summed E-state index contributed by atoms with van der Waals surface area (Å²) in [6, 6.07) is 30.3. The number of aromatic carboxylic acids is 1. The van der Waals surface area contributed by atoms with Crippen molar-refractivity contribution >= 4 is 33.9 Å². The van der Waals surface area contributed by atoms with E-state index >= 15 is 0 Å². The summed E-state index contributed by atoms with van der Waals surface area (Å²) < 4.78 is 1.85. The zero-order valence-electron chi connectivity index (χ0n) is 17.5. The minimum Gasteiger partial charge on any atom is -0.477 e. The van der Waals surface area contributed by atoms with Crippen molar-refractivity contribution in [1.82, 2.24) is 4.57 Å². The van der Waals surface area contributed by atoms with Crippen LogP contribution in [-0.4, -0.2) is 21.9 Å². The van der Waals surface area contributed by atoms with Gasteiger partial charge in [0.1, 0.15) is 5.69 Å². The van der Waals surface area contributed by atoms with Gasteiger partial charge in [-0.15, -0.1) is 0 Å². The normalized spacial score (nSPS) is 11.1. The molecule has 2 N–H and O–H groups in total. The average Bonchev–Trinajstić information content (AvgIpc) is 3.17. The predicted molar refractivity (Wildman–Crippen MR) is 129 cm³/mol. The fourth-order valence-corrected chi connectivity index (χ4v) is 4.40. The van der Waals surface area contributed by atoms with E-state index in [0.29, 0.717) is 6.54 Å². The molecule has 4 aromatic carbocycles. The number of rotatable bonds is 6. The number of carboxylic acid groups (broad SMARTS) is 1. The molecule has 4 nitrogen and oxygen atoms in total. The first-order valence-electron chi connectivity index (χ1n) is 10.5. The summed E-state index contributed by atoms with van der Waals surface area (Å²) in [6.07, 6.45) is 2.10. The molecule has 5 rings (SSSR count). The third-order valence-electron chi connectivity index (χ3n) is 5.90. The Kier molecular flexibility index (Phi) is 5.04. The first-order chi connectivity index (χ1) is 15.6. The lowest BCUT2D eigenvalue weighted by atomic mass is 9.97. The van der Waals surface area contributed by atoms with Gasteiger partial charge in [-0.05, 0) is 51.6 Å². The Labute approximate surface area is 185 Å². The molecule has 0 amide bonds. The molecule has 0 atom stereocenters. The molecule has 0 aliphatic carbocycles. The topological polar surface area (TPSA) is 66.1 Å². The van der Waals surface area contributed by atoms with Crippen LogP contribution in [0.2, 0.25) is 0 Å². The highest BCUT2D eigenvalue weighted by Crippen LogP contribution is 2.27. The van der Waals surface area contributed by atoms with E-state index in [1.54, 1.807) is 6.07 Å². The van der Waals surface area contributed by atoms with Crippen molar-refractivity contribution in [2.75, 3.05) is 0 Å². The van der Waals surface area contributed by atoms with Crippen LogP contribution < -0.4 is 0 Å².